The van der Waals surface area contributed by atoms with Gasteiger partial charge in [-0.2, -0.15) is 0 Å². The van der Waals surface area contributed by atoms with Gasteiger partial charge in [-0.05, 0) is 49.4 Å². The van der Waals surface area contributed by atoms with Gasteiger partial charge in [0.05, 0.1) is 16.9 Å². The minimum absolute atomic E-state index is 0.324. The summed E-state index contributed by atoms with van der Waals surface area (Å²) in [5, 5.41) is 8.88. The third-order valence-corrected chi connectivity index (χ3v) is 6.45. The van der Waals surface area contributed by atoms with Gasteiger partial charge < -0.3 is 21.4 Å². The molecule has 0 saturated heterocycles. The Morgan fingerprint density at radius 1 is 1.06 bits per heavy atom. The lowest BCUT2D eigenvalue weighted by Gasteiger charge is -2.30. The van der Waals surface area contributed by atoms with Gasteiger partial charge >= 0.3 is 0 Å². The molecule has 7 heteroatoms. The number of aromatic nitrogens is 3. The first-order valence-electron chi connectivity index (χ1n) is 11.1. The fraction of sp³-hybridized carbons (Fsp3) is 0.280. The number of nitrogens with zero attached hydrogens (tertiary/aromatic N) is 2. The molecule has 0 bridgehead atoms. The van der Waals surface area contributed by atoms with Crippen LogP contribution in [0.15, 0.2) is 60.9 Å². The van der Waals surface area contributed by atoms with Crippen molar-refractivity contribution >= 4 is 34.1 Å². The van der Waals surface area contributed by atoms with Gasteiger partial charge in [0.2, 0.25) is 5.95 Å². The molecule has 0 amide bonds. The molecule has 4 aromatic rings. The highest BCUT2D eigenvalue weighted by molar-refractivity contribution is 6.33. The summed E-state index contributed by atoms with van der Waals surface area (Å²) in [6.45, 7) is 0.847. The quantitative estimate of drug-likeness (QED) is 0.299. The van der Waals surface area contributed by atoms with Gasteiger partial charge in [-0.25, -0.2) is 9.97 Å². The Labute approximate surface area is 192 Å². The monoisotopic (exact) mass is 446 g/mol. The molecule has 1 aliphatic rings. The van der Waals surface area contributed by atoms with Crippen molar-refractivity contribution < 1.29 is 0 Å². The smallest absolute Gasteiger partial charge is 0.223 e. The average Bonchev–Trinajstić information content (AvgIpc) is 3.24. The van der Waals surface area contributed by atoms with E-state index in [0.717, 1.165) is 47.2 Å². The molecule has 1 saturated carbocycles. The van der Waals surface area contributed by atoms with E-state index in [1.165, 1.54) is 18.4 Å². The molecule has 164 valence electrons. The summed E-state index contributed by atoms with van der Waals surface area (Å²) in [7, 11) is 0. The van der Waals surface area contributed by atoms with Gasteiger partial charge in [-0.3, -0.25) is 0 Å². The highest BCUT2D eigenvalue weighted by Gasteiger charge is 2.23. The maximum atomic E-state index is 6.48. The molecule has 32 heavy (non-hydrogen) atoms. The third kappa shape index (κ3) is 4.56. The number of fused-ring (bicyclic) bond motifs is 1. The second-order valence-electron chi connectivity index (χ2n) is 8.47. The zero-order chi connectivity index (χ0) is 21.9. The lowest BCUT2D eigenvalue weighted by Crippen LogP contribution is -2.38. The predicted octanol–water partition coefficient (Wildman–Crippen LogP) is 5.37. The van der Waals surface area contributed by atoms with E-state index in [1.807, 2.05) is 36.5 Å². The maximum absolute atomic E-state index is 6.48. The van der Waals surface area contributed by atoms with E-state index >= 15 is 0 Å². The Morgan fingerprint density at radius 3 is 2.75 bits per heavy atom. The lowest BCUT2D eigenvalue weighted by atomic mass is 9.91. The highest BCUT2D eigenvalue weighted by atomic mass is 35.5. The molecule has 1 aliphatic carbocycles. The molecular weight excluding hydrogens is 420 g/mol. The molecule has 1 fully saturated rings. The van der Waals surface area contributed by atoms with Crippen LogP contribution in [0.2, 0.25) is 5.02 Å². The van der Waals surface area contributed by atoms with Crippen LogP contribution in [0.1, 0.15) is 31.2 Å². The molecule has 2 aromatic carbocycles. The molecule has 5 rings (SSSR count). The molecule has 2 atom stereocenters. The van der Waals surface area contributed by atoms with Crippen molar-refractivity contribution in [2.24, 2.45) is 0 Å². The molecule has 5 N–H and O–H groups in total. The second-order valence-corrected chi connectivity index (χ2v) is 8.87. The zero-order valence-electron chi connectivity index (χ0n) is 17.8. The van der Waals surface area contributed by atoms with Crippen LogP contribution < -0.4 is 16.4 Å². The van der Waals surface area contributed by atoms with Gasteiger partial charge in [-0.15, -0.1) is 0 Å². The molecule has 0 aliphatic heterocycles. The van der Waals surface area contributed by atoms with E-state index in [0.29, 0.717) is 23.1 Å². The second kappa shape index (κ2) is 9.18. The summed E-state index contributed by atoms with van der Waals surface area (Å²) in [5.74, 6) is 0.624. The Hall–Kier alpha value is -3.09. The highest BCUT2D eigenvalue weighted by Crippen LogP contribution is 2.32. The summed E-state index contributed by atoms with van der Waals surface area (Å²) in [6, 6.07) is 17.0. The molecule has 6 nitrogen and oxygen atoms in total. The number of anilines is 2. The van der Waals surface area contributed by atoms with Crippen molar-refractivity contribution in [2.45, 2.75) is 44.3 Å². The standard InChI is InChI=1S/C25H27ClN6/c26-22-15-30-25(32-24(22)21-14-29-23-7-2-1-6-20(21)23)31-19-5-3-4-18(12-19)28-13-16-8-10-17(27)11-9-16/h1-2,6-11,14-15,18-19,28-29H,3-5,12-13,27H2,(H,30,31,32). The summed E-state index contributed by atoms with van der Waals surface area (Å²) in [5.41, 5.74) is 10.6. The SMILES string of the molecule is Nc1ccc(CNC2CCCC(Nc3ncc(Cl)c(-c4c[nH]c5ccccc45)n3)C2)cc1. The van der Waals surface area contributed by atoms with Gasteiger partial charge in [0.15, 0.2) is 0 Å². The number of nitrogens with two attached hydrogens (primary N) is 1. The van der Waals surface area contributed by atoms with E-state index in [1.54, 1.807) is 6.20 Å². The van der Waals surface area contributed by atoms with Gasteiger partial charge in [0, 0.05) is 47.0 Å². The minimum atomic E-state index is 0.324. The maximum Gasteiger partial charge on any atom is 0.223 e. The van der Waals surface area contributed by atoms with E-state index in [-0.39, 0.29) is 0 Å². The van der Waals surface area contributed by atoms with Gasteiger partial charge in [0.1, 0.15) is 0 Å². The molecule has 2 aromatic heterocycles. The Kier molecular flexibility index (Phi) is 5.97. The Morgan fingerprint density at radius 2 is 1.88 bits per heavy atom. The number of halogens is 1. The molecule has 2 unspecified atom stereocenters. The molecular formula is C25H27ClN6. The third-order valence-electron chi connectivity index (χ3n) is 6.17. The van der Waals surface area contributed by atoms with Crippen LogP contribution in [0.25, 0.3) is 22.2 Å². The van der Waals surface area contributed by atoms with Crippen molar-refractivity contribution in [1.82, 2.24) is 20.3 Å². The number of hydrogen-bond acceptors (Lipinski definition) is 5. The first-order valence-corrected chi connectivity index (χ1v) is 11.5. The van der Waals surface area contributed by atoms with Crippen molar-refractivity contribution in [3.8, 4) is 11.3 Å². The predicted molar refractivity (Wildman–Crippen MR) is 132 cm³/mol. The van der Waals surface area contributed by atoms with Crippen LogP contribution in [0.5, 0.6) is 0 Å². The number of H-pyrrole nitrogens is 1. The molecule has 2 heterocycles. The number of benzene rings is 2. The van der Waals surface area contributed by atoms with E-state index < -0.39 is 0 Å². The topological polar surface area (TPSA) is 91.6 Å². The van der Waals surface area contributed by atoms with Crippen LogP contribution in [-0.4, -0.2) is 27.0 Å². The zero-order valence-corrected chi connectivity index (χ0v) is 18.6. The van der Waals surface area contributed by atoms with Crippen LogP contribution in [0.3, 0.4) is 0 Å². The average molecular weight is 447 g/mol. The van der Waals surface area contributed by atoms with Crippen molar-refractivity contribution in [3.05, 3.63) is 71.5 Å². The van der Waals surface area contributed by atoms with E-state index in [4.69, 9.17) is 22.3 Å². The fourth-order valence-corrected chi connectivity index (χ4v) is 4.67. The Balaban J connectivity index is 1.26. The normalized spacial score (nSPS) is 18.7. The van der Waals surface area contributed by atoms with Crippen molar-refractivity contribution in [1.29, 1.82) is 0 Å². The summed E-state index contributed by atoms with van der Waals surface area (Å²) >= 11 is 6.48. The van der Waals surface area contributed by atoms with Crippen LogP contribution in [0.4, 0.5) is 11.6 Å². The first-order chi connectivity index (χ1) is 15.7. The largest absolute Gasteiger partial charge is 0.399 e. The summed E-state index contributed by atoms with van der Waals surface area (Å²) in [4.78, 5) is 12.5. The van der Waals surface area contributed by atoms with Crippen molar-refractivity contribution in [2.75, 3.05) is 11.1 Å². The fourth-order valence-electron chi connectivity index (χ4n) is 4.48. The van der Waals surface area contributed by atoms with Gasteiger partial charge in [-0.1, -0.05) is 41.9 Å². The number of aromatic amines is 1. The number of nitrogens with one attached hydrogen (secondary N) is 3. The molecule has 0 radical (unpaired) electrons. The number of hydrogen-bond donors (Lipinski definition) is 4. The van der Waals surface area contributed by atoms with Crippen LogP contribution >= 0.6 is 11.6 Å². The summed E-state index contributed by atoms with van der Waals surface area (Å²) < 4.78 is 0. The lowest BCUT2D eigenvalue weighted by molar-refractivity contribution is 0.350. The first kappa shape index (κ1) is 20.8. The van der Waals surface area contributed by atoms with Crippen LogP contribution in [0, 0.1) is 0 Å². The van der Waals surface area contributed by atoms with E-state index in [9.17, 15) is 0 Å². The summed E-state index contributed by atoms with van der Waals surface area (Å²) in [6.07, 6.45) is 8.13. The van der Waals surface area contributed by atoms with Gasteiger partial charge in [0.25, 0.3) is 0 Å². The van der Waals surface area contributed by atoms with Crippen LogP contribution in [-0.2, 0) is 6.54 Å². The minimum Gasteiger partial charge on any atom is -0.399 e. The van der Waals surface area contributed by atoms with E-state index in [2.05, 4.69) is 38.8 Å². The van der Waals surface area contributed by atoms with Crippen molar-refractivity contribution in [3.63, 3.8) is 0 Å². The number of para-hydroxylation sites is 1. The number of rotatable bonds is 6. The Bertz CT molecular complexity index is 1200. The number of nitrogen functional groups attached to an aromatic ring is 1. The molecule has 0 spiro atoms.